The third kappa shape index (κ3) is 12.3. The summed E-state index contributed by atoms with van der Waals surface area (Å²) >= 11 is 12.7. The van der Waals surface area contributed by atoms with E-state index < -0.39 is 77.8 Å². The van der Waals surface area contributed by atoms with Gasteiger partial charge in [-0.05, 0) is 48.5 Å². The number of nitrogens with zero attached hydrogens (tertiary/aromatic N) is 6. The van der Waals surface area contributed by atoms with E-state index >= 15 is 0 Å². The largest absolute Gasteiger partial charge is 0.506 e. The number of nitrogens with one attached hydrogen (secondary N) is 2. The van der Waals surface area contributed by atoms with Gasteiger partial charge in [0.2, 0.25) is 17.6 Å². The van der Waals surface area contributed by atoms with Gasteiger partial charge in [0, 0.05) is 80.8 Å². The van der Waals surface area contributed by atoms with Crippen molar-refractivity contribution in [2.75, 3.05) is 44.3 Å². The number of aromatic nitrogens is 5. The number of carboxylic acids is 1. The number of pyridine rings is 1. The Morgan fingerprint density at radius 3 is 2.35 bits per heavy atom. The molecule has 0 aliphatic carbocycles. The fourth-order valence-electron chi connectivity index (χ4n) is 8.38. The first kappa shape index (κ1) is 53.4. The predicted octanol–water partition coefficient (Wildman–Crippen LogP) is 1.57. The van der Waals surface area contributed by atoms with E-state index in [1.165, 1.54) is 26.0 Å². The van der Waals surface area contributed by atoms with Crippen LogP contribution in [0.25, 0.3) is 0 Å². The van der Waals surface area contributed by atoms with Crippen molar-refractivity contribution in [3.8, 4) is 11.5 Å². The number of aliphatic carboxylic acids is 1. The van der Waals surface area contributed by atoms with E-state index in [2.05, 4.69) is 25.2 Å². The van der Waals surface area contributed by atoms with Gasteiger partial charge in [0.1, 0.15) is 54.3 Å². The third-order valence-electron chi connectivity index (χ3n) is 12.5. The maximum Gasteiger partial charge on any atom is 0.329 e. The first-order valence-corrected chi connectivity index (χ1v) is 23.4. The van der Waals surface area contributed by atoms with Gasteiger partial charge in [0.25, 0.3) is 0 Å². The molecule has 3 fully saturated rings. The molecule has 2 aromatic carbocycles. The van der Waals surface area contributed by atoms with Crippen LogP contribution in [0.15, 0.2) is 90.5 Å². The molecule has 3 aliphatic rings. The highest BCUT2D eigenvalue weighted by atomic mass is 35.5. The summed E-state index contributed by atoms with van der Waals surface area (Å²) < 4.78 is 26.8. The van der Waals surface area contributed by atoms with Gasteiger partial charge in [-0.25, -0.2) is 14.6 Å². The molecule has 8 rings (SSSR count). The maximum absolute atomic E-state index is 12.7. The first-order chi connectivity index (χ1) is 34.2. The number of carbonyl (C=O) groups is 4. The minimum Gasteiger partial charge on any atom is -0.506 e. The monoisotopic (exact) mass is 1040 g/mol. The molecule has 23 nitrogen and oxygen atoms in total. The Morgan fingerprint density at radius 1 is 1.03 bits per heavy atom. The van der Waals surface area contributed by atoms with E-state index in [1.54, 1.807) is 31.6 Å². The van der Waals surface area contributed by atoms with Crippen molar-refractivity contribution in [2.45, 2.75) is 81.9 Å². The van der Waals surface area contributed by atoms with Crippen LogP contribution in [0.4, 0.5) is 5.69 Å². The summed E-state index contributed by atoms with van der Waals surface area (Å²) in [6, 6.07) is 12.5. The van der Waals surface area contributed by atoms with Crippen LogP contribution in [0.5, 0.6) is 11.5 Å². The molecule has 3 saturated heterocycles. The molecule has 2 amide bonds. The average molecular weight is 1040 g/mol. The number of amides is 2. The lowest BCUT2D eigenvalue weighted by atomic mass is 9.92. The number of nitrogens with two attached hydrogens (primary N) is 1. The SMILES string of the molecule is CC(=O)N1CCN(c2ccc(OC[C@H]3CO[C@](Cn4ccnc4)(c4ccc(Cl)cc4Cl)O3)cc2)CC1.CC(=O)c1cn([C@@H]2OC([C@H](NC(=O)[C@@H](N)[C@H](C)[C@H](O)c3ccc(O)cn3)C(=O)O)[C@H](O)[C@@H]2O)c(=O)[nH]1. The number of Topliss-reactive ketones (excluding diaryl/α,β-unsaturated/α-hetero) is 1. The third-order valence-corrected chi connectivity index (χ3v) is 13.1. The standard InChI is InChI=1S/C26H28Cl2N4O4.C21H27N5O10/c1-19(33)31-10-12-32(13-11-31)21-3-5-22(6-4-21)34-15-23-16-35-26(36-23,17-30-9-8-29-18-30)24-7-2-20(27)14-25(24)28;1-7(14(29)10-4-3-9(28)5-23-10)12(22)18(32)25-13(20(33)34)17-15(30)16(31)19(36-17)26-6-11(8(2)27)24-21(26)35/h2-9,14,18,23H,10-13,15-17H2,1H3;3-7,12-17,19,28-31H,22H2,1-2H3,(H,24,35)(H,25,32)(H,33,34)/t23-,26-;7-,12-,13-,14-,15+,16-,17?,19+/m00/s1. The molecule has 5 aromatic rings. The van der Waals surface area contributed by atoms with Crippen LogP contribution < -0.4 is 26.4 Å². The summed E-state index contributed by atoms with van der Waals surface area (Å²) in [5.74, 6) is -4.44. The number of ketones is 1. The molecule has 25 heteroatoms. The van der Waals surface area contributed by atoms with Crippen molar-refractivity contribution in [1.82, 2.24) is 34.3 Å². The number of carbonyl (C=O) groups excluding carboxylic acids is 3. The van der Waals surface area contributed by atoms with E-state index in [9.17, 15) is 49.5 Å². The van der Waals surface area contributed by atoms with Crippen LogP contribution in [0, 0.1) is 5.92 Å². The molecule has 0 bridgehead atoms. The topological polar surface area (TPSA) is 319 Å². The lowest BCUT2D eigenvalue weighted by Gasteiger charge is -2.35. The summed E-state index contributed by atoms with van der Waals surface area (Å²) in [5.41, 5.74) is 6.92. The Bertz CT molecular complexity index is 2740. The van der Waals surface area contributed by atoms with Gasteiger partial charge < -0.3 is 74.9 Å². The molecule has 1 unspecified atom stereocenters. The van der Waals surface area contributed by atoms with Gasteiger partial charge in [0.05, 0.1) is 42.4 Å². The van der Waals surface area contributed by atoms with Crippen LogP contribution in [0.3, 0.4) is 0 Å². The van der Waals surface area contributed by atoms with Crippen LogP contribution >= 0.6 is 23.2 Å². The van der Waals surface area contributed by atoms with Crippen molar-refractivity contribution in [3.05, 3.63) is 123 Å². The summed E-state index contributed by atoms with van der Waals surface area (Å²) in [6.07, 6.45) is -1.12. The van der Waals surface area contributed by atoms with Crippen LogP contribution in [-0.2, 0) is 40.9 Å². The van der Waals surface area contributed by atoms with Gasteiger partial charge in [-0.3, -0.25) is 23.9 Å². The second-order valence-corrected chi connectivity index (χ2v) is 18.3. The lowest BCUT2D eigenvalue weighted by molar-refractivity contribution is -0.189. The van der Waals surface area contributed by atoms with Crippen molar-refractivity contribution in [1.29, 1.82) is 0 Å². The van der Waals surface area contributed by atoms with Crippen LogP contribution in [-0.4, -0.2) is 154 Å². The Morgan fingerprint density at radius 2 is 1.75 bits per heavy atom. The predicted molar refractivity (Wildman–Crippen MR) is 256 cm³/mol. The fraction of sp³-hybridized carbons (Fsp3) is 0.426. The number of H-pyrrole nitrogens is 1. The van der Waals surface area contributed by atoms with Gasteiger partial charge in [-0.1, -0.05) is 36.2 Å². The number of ether oxygens (including phenoxy) is 4. The Hall–Kier alpha value is -6.41. The Kier molecular flexibility index (Phi) is 17.0. The molecule has 6 heterocycles. The molecule has 0 spiro atoms. The molecule has 3 aliphatic heterocycles. The smallest absolute Gasteiger partial charge is 0.329 e. The number of rotatable bonds is 16. The molecular weight excluding hydrogens is 985 g/mol. The highest BCUT2D eigenvalue weighted by Crippen LogP contribution is 2.41. The number of benzene rings is 2. The van der Waals surface area contributed by atoms with Crippen molar-refractivity contribution in [3.63, 3.8) is 0 Å². The number of hydrogen-bond acceptors (Lipinski definition) is 17. The zero-order valence-electron chi connectivity index (χ0n) is 39.2. The second-order valence-electron chi connectivity index (χ2n) is 17.5. The zero-order chi connectivity index (χ0) is 52.0. The van der Waals surface area contributed by atoms with Gasteiger partial charge >= 0.3 is 11.7 Å². The number of halogens is 2. The number of imidazole rings is 2. The Labute approximate surface area is 421 Å². The summed E-state index contributed by atoms with van der Waals surface area (Å²) in [7, 11) is 0. The molecule has 72 heavy (non-hydrogen) atoms. The second kappa shape index (κ2) is 23.0. The van der Waals surface area contributed by atoms with Gasteiger partial charge in [-0.2, -0.15) is 0 Å². The summed E-state index contributed by atoms with van der Waals surface area (Å²) in [4.78, 5) is 74.3. The minimum absolute atomic E-state index is 0.0986. The summed E-state index contributed by atoms with van der Waals surface area (Å²) in [6.45, 7) is 8.41. The molecular formula is C47H55Cl2N9O14. The maximum atomic E-state index is 12.7. The minimum atomic E-state index is -1.91. The van der Waals surface area contributed by atoms with Gasteiger partial charge in [0.15, 0.2) is 18.1 Å². The number of aromatic amines is 1. The van der Waals surface area contributed by atoms with E-state index in [-0.39, 0.29) is 29.1 Å². The number of anilines is 1. The Balaban J connectivity index is 0.000000211. The normalized spacial score (nSPS) is 23.6. The van der Waals surface area contributed by atoms with Crippen LogP contribution in [0.1, 0.15) is 54.8 Å². The quantitative estimate of drug-likeness (QED) is 0.0651. The van der Waals surface area contributed by atoms with Crippen LogP contribution in [0.2, 0.25) is 10.0 Å². The van der Waals surface area contributed by atoms with Gasteiger partial charge in [-0.15, -0.1) is 0 Å². The number of aliphatic hydroxyl groups excluding tert-OH is 3. The molecule has 10 atom stereocenters. The number of aromatic hydroxyl groups is 1. The average Bonchev–Trinajstić information content (AvgIpc) is 4.18. The zero-order valence-corrected chi connectivity index (χ0v) is 40.7. The fourth-order valence-corrected chi connectivity index (χ4v) is 8.93. The highest BCUT2D eigenvalue weighted by molar-refractivity contribution is 6.35. The number of aliphatic hydroxyl groups is 3. The van der Waals surface area contributed by atoms with E-state index in [4.69, 9.17) is 47.9 Å². The molecule has 0 radical (unpaired) electrons. The van der Waals surface area contributed by atoms with E-state index in [0.29, 0.717) is 35.4 Å². The van der Waals surface area contributed by atoms with Crippen molar-refractivity contribution in [2.24, 2.45) is 11.7 Å². The molecule has 9 N–H and O–H groups in total. The molecule has 0 saturated carbocycles. The molecule has 3 aromatic heterocycles. The number of hydrogen-bond donors (Lipinski definition) is 8. The van der Waals surface area contributed by atoms with E-state index in [1.807, 2.05) is 46.0 Å². The van der Waals surface area contributed by atoms with Crippen molar-refractivity contribution >= 4 is 52.5 Å². The van der Waals surface area contributed by atoms with E-state index in [0.717, 1.165) is 54.6 Å². The molecule has 386 valence electrons. The first-order valence-electron chi connectivity index (χ1n) is 22.7. The number of carboxylic acid groups (broad SMARTS) is 1. The van der Waals surface area contributed by atoms with Crippen molar-refractivity contribution < 1.29 is 63.7 Å². The summed E-state index contributed by atoms with van der Waals surface area (Å²) in [5, 5.41) is 53.5. The highest BCUT2D eigenvalue weighted by Gasteiger charge is 2.51. The lowest BCUT2D eigenvalue weighted by Crippen LogP contribution is -2.57. The number of piperazine rings is 1.